The fourth-order valence-corrected chi connectivity index (χ4v) is 0.666. The molecule has 0 saturated carbocycles. The minimum Gasteiger partial charge on any atom is -0.475 e. The fourth-order valence-electron chi connectivity index (χ4n) is 0.666. The van der Waals surface area contributed by atoms with E-state index < -0.39 is 0 Å². The zero-order valence-electron chi connectivity index (χ0n) is 6.86. The molecule has 0 aromatic carbocycles. The maximum absolute atomic E-state index is 5.33. The summed E-state index contributed by atoms with van der Waals surface area (Å²) in [6.45, 7) is 0.997. The van der Waals surface area contributed by atoms with Gasteiger partial charge in [0.1, 0.15) is 6.61 Å². The van der Waals surface area contributed by atoms with Crippen LogP contribution in [0.2, 0.25) is 0 Å². The number of anilines is 1. The van der Waals surface area contributed by atoms with E-state index in [1.165, 1.54) is 0 Å². The average molecular weight is 169 g/mol. The van der Waals surface area contributed by atoms with Gasteiger partial charge in [-0.3, -0.25) is 0 Å². The van der Waals surface area contributed by atoms with Crippen LogP contribution >= 0.6 is 0 Å². The first-order valence-electron chi connectivity index (χ1n) is 3.53. The van der Waals surface area contributed by atoms with Gasteiger partial charge in [-0.15, -0.1) is 0 Å². The van der Waals surface area contributed by atoms with Crippen molar-refractivity contribution in [2.45, 2.75) is 0 Å². The Morgan fingerprint density at radius 3 is 3.00 bits per heavy atom. The summed E-state index contributed by atoms with van der Waals surface area (Å²) in [6.07, 6.45) is 1.55. The number of methoxy groups -OCH3 is 1. The fraction of sp³-hybridized carbons (Fsp3) is 0.429. The Hall–Kier alpha value is -1.36. The Morgan fingerprint density at radius 1 is 1.50 bits per heavy atom. The molecule has 1 aromatic heterocycles. The van der Waals surface area contributed by atoms with Crippen LogP contribution in [0.15, 0.2) is 12.3 Å². The zero-order valence-corrected chi connectivity index (χ0v) is 6.86. The summed E-state index contributed by atoms with van der Waals surface area (Å²) in [5, 5.41) is 0. The lowest BCUT2D eigenvalue weighted by molar-refractivity contribution is 0.144. The number of ether oxygens (including phenoxy) is 2. The molecule has 0 atom stereocenters. The van der Waals surface area contributed by atoms with Crippen molar-refractivity contribution in [3.05, 3.63) is 12.3 Å². The molecule has 0 bridgehead atoms. The second-order valence-electron chi connectivity index (χ2n) is 2.09. The van der Waals surface area contributed by atoms with Crippen molar-refractivity contribution in [2.75, 3.05) is 26.1 Å². The molecule has 0 unspecified atom stereocenters. The molecule has 5 heteroatoms. The van der Waals surface area contributed by atoms with E-state index in [2.05, 4.69) is 9.97 Å². The van der Waals surface area contributed by atoms with Gasteiger partial charge in [-0.2, -0.15) is 4.98 Å². The van der Waals surface area contributed by atoms with Crippen molar-refractivity contribution in [2.24, 2.45) is 0 Å². The molecule has 5 nitrogen and oxygen atoms in total. The summed E-state index contributed by atoms with van der Waals surface area (Å²) < 4.78 is 9.97. The third-order valence-electron chi connectivity index (χ3n) is 1.19. The minimum atomic E-state index is 0.213. The number of rotatable bonds is 4. The summed E-state index contributed by atoms with van der Waals surface area (Å²) in [5.74, 6) is 0.685. The zero-order chi connectivity index (χ0) is 8.81. The van der Waals surface area contributed by atoms with Crippen LogP contribution in [0.3, 0.4) is 0 Å². The number of hydrogen-bond donors (Lipinski definition) is 1. The largest absolute Gasteiger partial charge is 0.475 e. The molecule has 0 saturated heterocycles. The van der Waals surface area contributed by atoms with Gasteiger partial charge in [-0.25, -0.2) is 4.98 Å². The Labute approximate surface area is 70.5 Å². The Kier molecular flexibility index (Phi) is 3.28. The molecule has 1 heterocycles. The Morgan fingerprint density at radius 2 is 2.33 bits per heavy atom. The van der Waals surface area contributed by atoms with Crippen molar-refractivity contribution in [1.29, 1.82) is 0 Å². The highest BCUT2D eigenvalue weighted by atomic mass is 16.5. The van der Waals surface area contributed by atoms with E-state index in [1.54, 1.807) is 19.4 Å². The molecule has 12 heavy (non-hydrogen) atoms. The summed E-state index contributed by atoms with van der Waals surface area (Å²) in [5.41, 5.74) is 5.33. The van der Waals surface area contributed by atoms with E-state index in [0.29, 0.717) is 19.1 Å². The number of nitrogens with zero attached hydrogens (tertiary/aromatic N) is 2. The molecule has 0 fully saturated rings. The molecule has 1 aromatic rings. The predicted molar refractivity (Wildman–Crippen MR) is 43.8 cm³/mol. The molecule has 0 radical (unpaired) electrons. The third kappa shape index (κ3) is 2.71. The quantitative estimate of drug-likeness (QED) is 0.646. The summed E-state index contributed by atoms with van der Waals surface area (Å²) in [4.78, 5) is 7.56. The lowest BCUT2D eigenvalue weighted by Crippen LogP contribution is -2.06. The highest BCUT2D eigenvalue weighted by Crippen LogP contribution is 2.04. The molecule has 0 spiro atoms. The van der Waals surface area contributed by atoms with E-state index in [1.807, 2.05) is 0 Å². The van der Waals surface area contributed by atoms with E-state index >= 15 is 0 Å². The summed E-state index contributed by atoms with van der Waals surface area (Å²) >= 11 is 0. The van der Waals surface area contributed by atoms with E-state index in [9.17, 15) is 0 Å². The summed E-state index contributed by atoms with van der Waals surface area (Å²) in [7, 11) is 1.61. The highest BCUT2D eigenvalue weighted by Gasteiger charge is 1.94. The van der Waals surface area contributed by atoms with Crippen LogP contribution in [0.1, 0.15) is 0 Å². The topological polar surface area (TPSA) is 70.3 Å². The predicted octanol–water partition coefficient (Wildman–Crippen LogP) is 0.0840. The van der Waals surface area contributed by atoms with Crippen LogP contribution in [0.25, 0.3) is 0 Å². The molecular formula is C7H11N3O2. The van der Waals surface area contributed by atoms with Gasteiger partial charge in [0.25, 0.3) is 0 Å². The molecule has 0 aliphatic rings. The average Bonchev–Trinajstić information content (AvgIpc) is 2.05. The molecule has 0 amide bonds. The molecule has 66 valence electrons. The summed E-state index contributed by atoms with van der Waals surface area (Å²) in [6, 6.07) is 1.64. The molecule has 2 N–H and O–H groups in total. The van der Waals surface area contributed by atoms with Crippen LogP contribution < -0.4 is 10.5 Å². The second kappa shape index (κ2) is 4.50. The number of hydrogen-bond acceptors (Lipinski definition) is 5. The third-order valence-corrected chi connectivity index (χ3v) is 1.19. The molecule has 0 aliphatic carbocycles. The number of aromatic nitrogens is 2. The van der Waals surface area contributed by atoms with Gasteiger partial charge < -0.3 is 15.2 Å². The maximum atomic E-state index is 5.33. The van der Waals surface area contributed by atoms with Crippen LogP contribution in [-0.4, -0.2) is 30.3 Å². The number of nitrogens with two attached hydrogens (primary N) is 1. The van der Waals surface area contributed by atoms with Crippen molar-refractivity contribution >= 4 is 5.95 Å². The van der Waals surface area contributed by atoms with Crippen molar-refractivity contribution in [3.63, 3.8) is 0 Å². The van der Waals surface area contributed by atoms with Gasteiger partial charge in [-0.05, 0) is 0 Å². The highest BCUT2D eigenvalue weighted by molar-refractivity contribution is 5.20. The first-order chi connectivity index (χ1) is 5.83. The van der Waals surface area contributed by atoms with E-state index in [4.69, 9.17) is 15.2 Å². The Bertz CT molecular complexity index is 242. The van der Waals surface area contributed by atoms with Crippen LogP contribution in [0.5, 0.6) is 5.88 Å². The van der Waals surface area contributed by atoms with Gasteiger partial charge in [0.15, 0.2) is 0 Å². The number of nitrogen functional groups attached to an aromatic ring is 1. The van der Waals surface area contributed by atoms with Crippen LogP contribution in [0, 0.1) is 0 Å². The molecule has 0 aliphatic heterocycles. The first kappa shape index (κ1) is 8.73. The van der Waals surface area contributed by atoms with Crippen molar-refractivity contribution in [3.8, 4) is 5.88 Å². The maximum Gasteiger partial charge on any atom is 0.223 e. The SMILES string of the molecule is COCCOc1ccnc(N)n1. The lowest BCUT2D eigenvalue weighted by Gasteiger charge is -2.03. The van der Waals surface area contributed by atoms with Gasteiger partial charge in [0, 0.05) is 19.4 Å². The van der Waals surface area contributed by atoms with E-state index in [-0.39, 0.29) is 5.95 Å². The van der Waals surface area contributed by atoms with Gasteiger partial charge in [0.05, 0.1) is 6.61 Å². The van der Waals surface area contributed by atoms with Crippen molar-refractivity contribution in [1.82, 2.24) is 9.97 Å². The van der Waals surface area contributed by atoms with Gasteiger partial charge in [-0.1, -0.05) is 0 Å². The van der Waals surface area contributed by atoms with Crippen LogP contribution in [-0.2, 0) is 4.74 Å². The first-order valence-corrected chi connectivity index (χ1v) is 3.53. The van der Waals surface area contributed by atoms with Gasteiger partial charge in [0.2, 0.25) is 11.8 Å². The van der Waals surface area contributed by atoms with E-state index in [0.717, 1.165) is 0 Å². The second-order valence-corrected chi connectivity index (χ2v) is 2.09. The Balaban J connectivity index is 2.41. The minimum absolute atomic E-state index is 0.213. The normalized spacial score (nSPS) is 9.75. The smallest absolute Gasteiger partial charge is 0.223 e. The molecular weight excluding hydrogens is 158 g/mol. The lowest BCUT2D eigenvalue weighted by atomic mass is 10.6. The monoisotopic (exact) mass is 169 g/mol. The standard InChI is InChI=1S/C7H11N3O2/c1-11-4-5-12-6-2-3-9-7(8)10-6/h2-3H,4-5H2,1H3,(H2,8,9,10). The van der Waals surface area contributed by atoms with Gasteiger partial charge >= 0.3 is 0 Å². The van der Waals surface area contributed by atoms with Crippen LogP contribution in [0.4, 0.5) is 5.95 Å². The molecule has 1 rings (SSSR count). The van der Waals surface area contributed by atoms with Crippen molar-refractivity contribution < 1.29 is 9.47 Å².